The van der Waals surface area contributed by atoms with E-state index in [1.807, 2.05) is 32.9 Å². The summed E-state index contributed by atoms with van der Waals surface area (Å²) in [5, 5.41) is 9.60. The van der Waals surface area contributed by atoms with Crippen LogP contribution in [0.15, 0.2) is 36.4 Å². The zero-order valence-electron chi connectivity index (χ0n) is 12.2. The number of hydrogen-bond donors (Lipinski definition) is 1. The maximum absolute atomic E-state index is 12.3. The smallest absolute Gasteiger partial charge is 0.411 e. The number of hydrogen-bond acceptors (Lipinski definition) is 3. The van der Waals surface area contributed by atoms with Crippen LogP contribution in [0.1, 0.15) is 38.8 Å². The van der Waals surface area contributed by atoms with E-state index in [2.05, 4.69) is 6.08 Å². The summed E-state index contributed by atoms with van der Waals surface area (Å²) >= 11 is 0. The van der Waals surface area contributed by atoms with E-state index in [9.17, 15) is 9.90 Å². The van der Waals surface area contributed by atoms with E-state index in [0.717, 1.165) is 12.0 Å². The molecule has 108 valence electrons. The first-order valence-electron chi connectivity index (χ1n) is 6.80. The third-order valence-electron chi connectivity index (χ3n) is 3.09. The first-order valence-corrected chi connectivity index (χ1v) is 6.80. The van der Waals surface area contributed by atoms with Gasteiger partial charge in [0.2, 0.25) is 0 Å². The summed E-state index contributed by atoms with van der Waals surface area (Å²) in [6, 6.07) is 6.93. The molecule has 0 saturated carbocycles. The fraction of sp³-hybridized carbons (Fsp3) is 0.438. The van der Waals surface area contributed by atoms with E-state index in [0.29, 0.717) is 6.54 Å². The van der Waals surface area contributed by atoms with Crippen molar-refractivity contribution in [1.82, 2.24) is 4.90 Å². The van der Waals surface area contributed by atoms with Gasteiger partial charge in [0.25, 0.3) is 0 Å². The van der Waals surface area contributed by atoms with Gasteiger partial charge in [0.1, 0.15) is 11.4 Å². The topological polar surface area (TPSA) is 49.8 Å². The summed E-state index contributed by atoms with van der Waals surface area (Å²) in [5.74, 6) is 0.209. The SMILES string of the molecule is CC(C)(C)OC(=O)N1CC=CCC1c1cccc(O)c1. The fourth-order valence-corrected chi connectivity index (χ4v) is 2.24. The van der Waals surface area contributed by atoms with Crippen molar-refractivity contribution in [3.63, 3.8) is 0 Å². The van der Waals surface area contributed by atoms with Crippen LogP contribution in [0.25, 0.3) is 0 Å². The van der Waals surface area contributed by atoms with Gasteiger partial charge >= 0.3 is 6.09 Å². The van der Waals surface area contributed by atoms with Gasteiger partial charge in [-0.1, -0.05) is 24.3 Å². The molecule has 1 heterocycles. The summed E-state index contributed by atoms with van der Waals surface area (Å²) in [6.07, 6.45) is 4.41. The van der Waals surface area contributed by atoms with Gasteiger partial charge in [-0.2, -0.15) is 0 Å². The molecule has 20 heavy (non-hydrogen) atoms. The third-order valence-corrected chi connectivity index (χ3v) is 3.09. The van der Waals surface area contributed by atoms with Gasteiger partial charge in [-0.15, -0.1) is 0 Å². The van der Waals surface area contributed by atoms with E-state index in [1.54, 1.807) is 23.1 Å². The van der Waals surface area contributed by atoms with Crippen molar-refractivity contribution in [2.75, 3.05) is 6.54 Å². The lowest BCUT2D eigenvalue weighted by Gasteiger charge is -2.34. The summed E-state index contributed by atoms with van der Waals surface area (Å²) in [4.78, 5) is 14.0. The lowest BCUT2D eigenvalue weighted by molar-refractivity contribution is 0.0175. The summed E-state index contributed by atoms with van der Waals surface area (Å²) in [7, 11) is 0. The van der Waals surface area contributed by atoms with Crippen LogP contribution in [-0.4, -0.2) is 28.2 Å². The lowest BCUT2D eigenvalue weighted by Crippen LogP contribution is -2.40. The van der Waals surface area contributed by atoms with Crippen molar-refractivity contribution in [2.45, 2.75) is 38.8 Å². The molecule has 0 bridgehead atoms. The van der Waals surface area contributed by atoms with Crippen LogP contribution in [0.5, 0.6) is 5.75 Å². The molecule has 1 aromatic carbocycles. The highest BCUT2D eigenvalue weighted by Crippen LogP contribution is 2.30. The van der Waals surface area contributed by atoms with Gasteiger partial charge in [-0.25, -0.2) is 4.79 Å². The maximum atomic E-state index is 12.3. The summed E-state index contributed by atoms with van der Waals surface area (Å²) < 4.78 is 5.45. The monoisotopic (exact) mass is 275 g/mol. The van der Waals surface area contributed by atoms with Crippen LogP contribution in [0.2, 0.25) is 0 Å². The summed E-state index contributed by atoms with van der Waals surface area (Å²) in [6.45, 7) is 6.09. The standard InChI is InChI=1S/C16H21NO3/c1-16(2,3)20-15(19)17-10-5-4-9-14(17)12-7-6-8-13(18)11-12/h4-8,11,14,18H,9-10H2,1-3H3. The normalized spacial score (nSPS) is 18.9. The average molecular weight is 275 g/mol. The van der Waals surface area contributed by atoms with Gasteiger partial charge in [-0.05, 0) is 44.9 Å². The Labute approximate surface area is 119 Å². The number of phenols is 1. The van der Waals surface area contributed by atoms with Crippen LogP contribution in [-0.2, 0) is 4.74 Å². The van der Waals surface area contributed by atoms with Gasteiger partial charge in [0, 0.05) is 6.54 Å². The highest BCUT2D eigenvalue weighted by molar-refractivity contribution is 5.69. The Balaban J connectivity index is 2.22. The van der Waals surface area contributed by atoms with E-state index in [4.69, 9.17) is 4.74 Å². The number of aromatic hydroxyl groups is 1. The third kappa shape index (κ3) is 3.53. The van der Waals surface area contributed by atoms with E-state index >= 15 is 0 Å². The van der Waals surface area contributed by atoms with Gasteiger partial charge in [0.15, 0.2) is 0 Å². The van der Waals surface area contributed by atoms with Crippen LogP contribution >= 0.6 is 0 Å². The minimum atomic E-state index is -0.512. The van der Waals surface area contributed by atoms with Gasteiger partial charge in [-0.3, -0.25) is 4.90 Å². The summed E-state index contributed by atoms with van der Waals surface area (Å²) in [5.41, 5.74) is 0.405. The second-order valence-electron chi connectivity index (χ2n) is 5.95. The number of nitrogens with zero attached hydrogens (tertiary/aromatic N) is 1. The van der Waals surface area contributed by atoms with Crippen molar-refractivity contribution in [3.8, 4) is 5.75 Å². The minimum absolute atomic E-state index is 0.0954. The zero-order chi connectivity index (χ0) is 14.8. The molecular weight excluding hydrogens is 254 g/mol. The molecule has 0 saturated heterocycles. The van der Waals surface area contributed by atoms with Crippen molar-refractivity contribution >= 4 is 6.09 Å². The number of amides is 1. The molecule has 1 unspecified atom stereocenters. The molecule has 0 aromatic heterocycles. The van der Waals surface area contributed by atoms with E-state index in [-0.39, 0.29) is 17.9 Å². The number of benzene rings is 1. The second kappa shape index (κ2) is 5.57. The van der Waals surface area contributed by atoms with Crippen molar-refractivity contribution in [1.29, 1.82) is 0 Å². The number of rotatable bonds is 1. The molecule has 0 spiro atoms. The molecule has 1 atom stereocenters. The molecule has 0 fully saturated rings. The molecule has 0 aliphatic carbocycles. The predicted molar refractivity (Wildman–Crippen MR) is 77.5 cm³/mol. The molecule has 2 rings (SSSR count). The molecule has 1 N–H and O–H groups in total. The fourth-order valence-electron chi connectivity index (χ4n) is 2.24. The first kappa shape index (κ1) is 14.4. The Bertz CT molecular complexity index is 517. The quantitative estimate of drug-likeness (QED) is 0.796. The van der Waals surface area contributed by atoms with Crippen molar-refractivity contribution < 1.29 is 14.6 Å². The van der Waals surface area contributed by atoms with Gasteiger partial charge < -0.3 is 9.84 Å². The Morgan fingerprint density at radius 1 is 1.35 bits per heavy atom. The van der Waals surface area contributed by atoms with Crippen LogP contribution in [0.3, 0.4) is 0 Å². The highest BCUT2D eigenvalue weighted by Gasteiger charge is 2.29. The molecule has 1 amide bonds. The maximum Gasteiger partial charge on any atom is 0.411 e. The first-order chi connectivity index (χ1) is 9.37. The molecule has 4 heteroatoms. The zero-order valence-corrected chi connectivity index (χ0v) is 12.2. The molecule has 4 nitrogen and oxygen atoms in total. The predicted octanol–water partition coefficient (Wildman–Crippen LogP) is 3.63. The number of carbonyl (C=O) groups excluding carboxylic acids is 1. The average Bonchev–Trinajstić information content (AvgIpc) is 2.37. The Hall–Kier alpha value is -1.97. The Morgan fingerprint density at radius 3 is 2.75 bits per heavy atom. The Morgan fingerprint density at radius 2 is 2.10 bits per heavy atom. The van der Waals surface area contributed by atoms with E-state index in [1.165, 1.54) is 0 Å². The molecule has 1 aliphatic rings. The molecule has 0 radical (unpaired) electrons. The second-order valence-corrected chi connectivity index (χ2v) is 5.95. The molecular formula is C16H21NO3. The number of ether oxygens (including phenoxy) is 1. The minimum Gasteiger partial charge on any atom is -0.508 e. The number of phenolic OH excluding ortho intramolecular Hbond substituents is 1. The lowest BCUT2D eigenvalue weighted by atomic mass is 9.99. The largest absolute Gasteiger partial charge is 0.508 e. The number of carbonyl (C=O) groups is 1. The van der Waals surface area contributed by atoms with Crippen LogP contribution in [0, 0.1) is 0 Å². The van der Waals surface area contributed by atoms with Crippen molar-refractivity contribution in [2.24, 2.45) is 0 Å². The van der Waals surface area contributed by atoms with Crippen LogP contribution < -0.4 is 0 Å². The Kier molecular flexibility index (Phi) is 4.02. The molecule has 1 aromatic rings. The van der Waals surface area contributed by atoms with Crippen LogP contribution in [0.4, 0.5) is 4.79 Å². The van der Waals surface area contributed by atoms with Gasteiger partial charge in [0.05, 0.1) is 6.04 Å². The van der Waals surface area contributed by atoms with E-state index < -0.39 is 5.60 Å². The van der Waals surface area contributed by atoms with Crippen molar-refractivity contribution in [3.05, 3.63) is 42.0 Å². The highest BCUT2D eigenvalue weighted by atomic mass is 16.6. The molecule has 1 aliphatic heterocycles.